The van der Waals surface area contributed by atoms with Gasteiger partial charge in [0.1, 0.15) is 18.2 Å². The highest BCUT2D eigenvalue weighted by Crippen LogP contribution is 2.20. The van der Waals surface area contributed by atoms with E-state index in [4.69, 9.17) is 9.47 Å². The van der Waals surface area contributed by atoms with Gasteiger partial charge >= 0.3 is 0 Å². The molecule has 134 valence electrons. The number of para-hydroxylation sites is 1. The molecule has 0 spiro atoms. The molecule has 0 bridgehead atoms. The SMILES string of the molecule is Cc1cnc(C)c(NCc2ccccc2OCCN2CCOCC2)n1. The quantitative estimate of drug-likeness (QED) is 0.834. The molecule has 0 unspecified atom stereocenters. The summed E-state index contributed by atoms with van der Waals surface area (Å²) in [5, 5.41) is 3.37. The molecule has 2 heterocycles. The fraction of sp³-hybridized carbons (Fsp3) is 0.474. The molecule has 2 aromatic rings. The zero-order valence-corrected chi connectivity index (χ0v) is 15.0. The number of morpholine rings is 1. The first-order valence-electron chi connectivity index (χ1n) is 8.77. The molecule has 0 aliphatic carbocycles. The van der Waals surface area contributed by atoms with E-state index in [-0.39, 0.29) is 0 Å². The van der Waals surface area contributed by atoms with Crippen LogP contribution in [0, 0.1) is 13.8 Å². The minimum absolute atomic E-state index is 0.659. The van der Waals surface area contributed by atoms with Gasteiger partial charge in [0, 0.05) is 37.9 Å². The Labute approximate surface area is 149 Å². The maximum Gasteiger partial charge on any atom is 0.148 e. The number of anilines is 1. The van der Waals surface area contributed by atoms with Crippen LogP contribution in [0.25, 0.3) is 0 Å². The van der Waals surface area contributed by atoms with Gasteiger partial charge in [-0.25, -0.2) is 4.98 Å². The summed E-state index contributed by atoms with van der Waals surface area (Å²) >= 11 is 0. The summed E-state index contributed by atoms with van der Waals surface area (Å²) in [7, 11) is 0. The molecule has 1 aromatic heterocycles. The third-order valence-electron chi connectivity index (χ3n) is 4.26. The zero-order valence-electron chi connectivity index (χ0n) is 15.0. The van der Waals surface area contributed by atoms with Crippen LogP contribution in [0.15, 0.2) is 30.5 Å². The Morgan fingerprint density at radius 1 is 1.20 bits per heavy atom. The van der Waals surface area contributed by atoms with Crippen molar-refractivity contribution in [1.82, 2.24) is 14.9 Å². The monoisotopic (exact) mass is 342 g/mol. The number of nitrogens with zero attached hydrogens (tertiary/aromatic N) is 3. The summed E-state index contributed by atoms with van der Waals surface area (Å²) in [4.78, 5) is 11.2. The summed E-state index contributed by atoms with van der Waals surface area (Å²) in [5.41, 5.74) is 2.92. The average Bonchev–Trinajstić information content (AvgIpc) is 2.64. The summed E-state index contributed by atoms with van der Waals surface area (Å²) in [6.07, 6.45) is 1.78. The molecule has 1 aliphatic rings. The van der Waals surface area contributed by atoms with E-state index in [9.17, 15) is 0 Å². The van der Waals surface area contributed by atoms with E-state index in [1.807, 2.05) is 32.0 Å². The molecular formula is C19H26N4O2. The van der Waals surface area contributed by atoms with Crippen molar-refractivity contribution in [3.63, 3.8) is 0 Å². The van der Waals surface area contributed by atoms with Crippen LogP contribution in [-0.2, 0) is 11.3 Å². The van der Waals surface area contributed by atoms with Crippen LogP contribution < -0.4 is 10.1 Å². The second-order valence-corrected chi connectivity index (χ2v) is 6.21. The Hall–Kier alpha value is -2.18. The minimum Gasteiger partial charge on any atom is -0.492 e. The number of ether oxygens (including phenoxy) is 2. The van der Waals surface area contributed by atoms with Crippen molar-refractivity contribution < 1.29 is 9.47 Å². The third-order valence-corrected chi connectivity index (χ3v) is 4.26. The molecule has 1 aromatic carbocycles. The lowest BCUT2D eigenvalue weighted by Gasteiger charge is -2.26. The van der Waals surface area contributed by atoms with E-state index >= 15 is 0 Å². The Morgan fingerprint density at radius 2 is 2.00 bits per heavy atom. The maximum atomic E-state index is 6.02. The molecule has 0 atom stereocenters. The molecule has 25 heavy (non-hydrogen) atoms. The molecule has 0 amide bonds. The van der Waals surface area contributed by atoms with Gasteiger partial charge in [-0.15, -0.1) is 0 Å². The zero-order chi connectivity index (χ0) is 17.5. The summed E-state index contributed by atoms with van der Waals surface area (Å²) in [5.74, 6) is 1.74. The van der Waals surface area contributed by atoms with Crippen molar-refractivity contribution in [3.8, 4) is 5.75 Å². The van der Waals surface area contributed by atoms with Crippen LogP contribution >= 0.6 is 0 Å². The molecule has 6 heteroatoms. The lowest BCUT2D eigenvalue weighted by atomic mass is 10.2. The molecule has 3 rings (SSSR count). The van der Waals surface area contributed by atoms with Gasteiger partial charge in [0.15, 0.2) is 0 Å². The summed E-state index contributed by atoms with van der Waals surface area (Å²) < 4.78 is 11.4. The van der Waals surface area contributed by atoms with Gasteiger partial charge in [-0.3, -0.25) is 9.88 Å². The van der Waals surface area contributed by atoms with Gasteiger partial charge in [-0.05, 0) is 19.9 Å². The lowest BCUT2D eigenvalue weighted by molar-refractivity contribution is 0.0322. The van der Waals surface area contributed by atoms with Crippen LogP contribution in [-0.4, -0.2) is 54.3 Å². The number of rotatable bonds is 7. The van der Waals surface area contributed by atoms with Crippen molar-refractivity contribution in [2.45, 2.75) is 20.4 Å². The van der Waals surface area contributed by atoms with Crippen molar-refractivity contribution >= 4 is 5.82 Å². The Balaban J connectivity index is 1.55. The van der Waals surface area contributed by atoms with Crippen LogP contribution in [0.5, 0.6) is 5.75 Å². The second kappa shape index (κ2) is 8.78. The van der Waals surface area contributed by atoms with Crippen molar-refractivity contribution in [3.05, 3.63) is 47.4 Å². The van der Waals surface area contributed by atoms with Gasteiger partial charge in [-0.2, -0.15) is 0 Å². The minimum atomic E-state index is 0.659. The van der Waals surface area contributed by atoms with Crippen LogP contribution in [0.2, 0.25) is 0 Å². The van der Waals surface area contributed by atoms with Crippen molar-refractivity contribution in [1.29, 1.82) is 0 Å². The highest BCUT2D eigenvalue weighted by Gasteiger charge is 2.11. The van der Waals surface area contributed by atoms with Gasteiger partial charge in [0.25, 0.3) is 0 Å². The topological polar surface area (TPSA) is 59.5 Å². The number of hydrogen-bond acceptors (Lipinski definition) is 6. The molecular weight excluding hydrogens is 316 g/mol. The summed E-state index contributed by atoms with van der Waals surface area (Å²) in [6.45, 7) is 9.77. The first-order valence-corrected chi connectivity index (χ1v) is 8.77. The van der Waals surface area contributed by atoms with Crippen LogP contribution in [0.4, 0.5) is 5.82 Å². The molecule has 1 N–H and O–H groups in total. The fourth-order valence-corrected chi connectivity index (χ4v) is 2.78. The van der Waals surface area contributed by atoms with E-state index in [2.05, 4.69) is 26.3 Å². The Bertz CT molecular complexity index is 687. The first kappa shape index (κ1) is 17.6. The van der Waals surface area contributed by atoms with Gasteiger partial charge < -0.3 is 14.8 Å². The molecule has 0 radical (unpaired) electrons. The number of aromatic nitrogens is 2. The standard InChI is InChI=1S/C19H26N4O2/c1-15-13-20-16(2)19(22-15)21-14-17-5-3-4-6-18(17)25-12-9-23-7-10-24-11-8-23/h3-6,13H,7-12,14H2,1-2H3,(H,21,22). The molecule has 0 saturated carbocycles. The number of nitrogens with one attached hydrogen (secondary N) is 1. The number of hydrogen-bond donors (Lipinski definition) is 1. The van der Waals surface area contributed by atoms with Crippen LogP contribution in [0.3, 0.4) is 0 Å². The molecule has 1 aliphatic heterocycles. The van der Waals surface area contributed by atoms with Gasteiger partial charge in [-0.1, -0.05) is 18.2 Å². The highest BCUT2D eigenvalue weighted by atomic mass is 16.5. The van der Waals surface area contributed by atoms with E-state index < -0.39 is 0 Å². The smallest absolute Gasteiger partial charge is 0.148 e. The molecule has 1 saturated heterocycles. The average molecular weight is 342 g/mol. The highest BCUT2D eigenvalue weighted by molar-refractivity contribution is 5.42. The van der Waals surface area contributed by atoms with Crippen molar-refractivity contribution in [2.24, 2.45) is 0 Å². The Morgan fingerprint density at radius 3 is 2.84 bits per heavy atom. The summed E-state index contributed by atoms with van der Waals surface area (Å²) in [6, 6.07) is 8.13. The largest absolute Gasteiger partial charge is 0.492 e. The number of benzene rings is 1. The molecule has 1 fully saturated rings. The third kappa shape index (κ3) is 5.14. The fourth-order valence-electron chi connectivity index (χ4n) is 2.78. The van der Waals surface area contributed by atoms with Crippen molar-refractivity contribution in [2.75, 3.05) is 44.8 Å². The van der Waals surface area contributed by atoms with Crippen LogP contribution in [0.1, 0.15) is 17.0 Å². The number of aryl methyl sites for hydroxylation is 2. The van der Waals surface area contributed by atoms with E-state index in [1.54, 1.807) is 6.20 Å². The van der Waals surface area contributed by atoms with Gasteiger partial charge in [0.2, 0.25) is 0 Å². The predicted molar refractivity (Wildman–Crippen MR) is 98.0 cm³/mol. The molecule has 6 nitrogen and oxygen atoms in total. The normalized spacial score (nSPS) is 15.1. The lowest BCUT2D eigenvalue weighted by Crippen LogP contribution is -2.38. The predicted octanol–water partition coefficient (Wildman–Crippen LogP) is 2.42. The Kier molecular flexibility index (Phi) is 6.19. The maximum absolute atomic E-state index is 6.02. The second-order valence-electron chi connectivity index (χ2n) is 6.21. The van der Waals surface area contributed by atoms with E-state index in [0.717, 1.165) is 61.4 Å². The van der Waals surface area contributed by atoms with Gasteiger partial charge in [0.05, 0.1) is 24.6 Å². The van der Waals surface area contributed by atoms with E-state index in [0.29, 0.717) is 13.2 Å². The first-order chi connectivity index (χ1) is 12.2. The van der Waals surface area contributed by atoms with E-state index in [1.165, 1.54) is 0 Å².